The molecule has 4 nitrogen and oxygen atoms in total. The van der Waals surface area contributed by atoms with Crippen molar-refractivity contribution in [2.24, 2.45) is 0 Å². The van der Waals surface area contributed by atoms with Crippen LogP contribution in [0.3, 0.4) is 0 Å². The predicted molar refractivity (Wildman–Crippen MR) is 124 cm³/mol. The van der Waals surface area contributed by atoms with Crippen molar-refractivity contribution in [2.75, 3.05) is 13.7 Å². The molecular weight excluding hydrogens is 473 g/mol. The zero-order valence-electron chi connectivity index (χ0n) is 18.3. The van der Waals surface area contributed by atoms with Gasteiger partial charge in [-0.25, -0.2) is 13.6 Å². The Morgan fingerprint density at radius 1 is 1.00 bits per heavy atom. The van der Waals surface area contributed by atoms with Gasteiger partial charge in [-0.15, -0.1) is 0 Å². The number of halogens is 4. The highest BCUT2D eigenvalue weighted by atomic mass is 35.5. The van der Waals surface area contributed by atoms with E-state index in [0.717, 1.165) is 17.7 Å². The molecule has 0 aliphatic heterocycles. The number of esters is 1. The van der Waals surface area contributed by atoms with Crippen LogP contribution in [0.5, 0.6) is 11.5 Å². The summed E-state index contributed by atoms with van der Waals surface area (Å²) >= 11 is 12.9. The van der Waals surface area contributed by atoms with E-state index in [1.54, 1.807) is 32.0 Å². The molecule has 8 heteroatoms. The van der Waals surface area contributed by atoms with Gasteiger partial charge < -0.3 is 14.2 Å². The van der Waals surface area contributed by atoms with Crippen LogP contribution in [0.1, 0.15) is 25.0 Å². The van der Waals surface area contributed by atoms with Gasteiger partial charge >= 0.3 is 5.97 Å². The Labute approximate surface area is 201 Å². The zero-order valence-corrected chi connectivity index (χ0v) is 19.8. The molecule has 0 radical (unpaired) electrons. The number of hydrogen-bond donors (Lipinski definition) is 0. The van der Waals surface area contributed by atoms with Gasteiger partial charge in [0.15, 0.2) is 17.7 Å². The van der Waals surface area contributed by atoms with Gasteiger partial charge in [0.05, 0.1) is 13.7 Å². The molecule has 0 aromatic heterocycles. The smallest absolute Gasteiger partial charge is 0.347 e. The van der Waals surface area contributed by atoms with E-state index in [2.05, 4.69) is 0 Å². The number of carbonyl (C=O) groups excluding carboxylic acids is 1. The minimum absolute atomic E-state index is 0.251. The van der Waals surface area contributed by atoms with E-state index in [9.17, 15) is 13.6 Å². The summed E-state index contributed by atoms with van der Waals surface area (Å²) in [5.41, 5.74) is 2.55. The summed E-state index contributed by atoms with van der Waals surface area (Å²) in [4.78, 5) is 11.8. The van der Waals surface area contributed by atoms with Crippen molar-refractivity contribution < 1.29 is 27.8 Å². The average molecular weight is 495 g/mol. The molecule has 0 unspecified atom stereocenters. The van der Waals surface area contributed by atoms with Crippen LogP contribution in [0.15, 0.2) is 48.5 Å². The second-order valence-electron chi connectivity index (χ2n) is 7.22. The Balaban J connectivity index is 1.88. The van der Waals surface area contributed by atoms with Crippen molar-refractivity contribution in [1.82, 2.24) is 0 Å². The average Bonchev–Trinajstić information content (AvgIpc) is 2.78. The van der Waals surface area contributed by atoms with Crippen molar-refractivity contribution in [2.45, 2.75) is 26.4 Å². The highest BCUT2D eigenvalue weighted by Gasteiger charge is 2.18. The van der Waals surface area contributed by atoms with E-state index in [1.807, 2.05) is 12.1 Å². The summed E-state index contributed by atoms with van der Waals surface area (Å²) < 4.78 is 43.1. The third kappa shape index (κ3) is 5.95. The molecule has 33 heavy (non-hydrogen) atoms. The number of hydrogen-bond acceptors (Lipinski definition) is 4. The Bertz CT molecular complexity index is 1140. The summed E-state index contributed by atoms with van der Waals surface area (Å²) in [5, 5.41) is 0.720. The highest BCUT2D eigenvalue weighted by molar-refractivity contribution is 6.36. The van der Waals surface area contributed by atoms with E-state index in [4.69, 9.17) is 37.4 Å². The summed E-state index contributed by atoms with van der Waals surface area (Å²) in [6, 6.07) is 12.2. The van der Waals surface area contributed by atoms with Crippen molar-refractivity contribution in [3.8, 4) is 22.6 Å². The van der Waals surface area contributed by atoms with Crippen LogP contribution in [0, 0.1) is 11.6 Å². The number of ether oxygens (including phenoxy) is 3. The molecule has 0 N–H and O–H groups in total. The van der Waals surface area contributed by atoms with Crippen LogP contribution in [0.2, 0.25) is 10.0 Å². The topological polar surface area (TPSA) is 44.8 Å². The van der Waals surface area contributed by atoms with E-state index < -0.39 is 23.7 Å². The van der Waals surface area contributed by atoms with Crippen molar-refractivity contribution in [1.29, 1.82) is 0 Å². The first kappa shape index (κ1) is 24.8. The van der Waals surface area contributed by atoms with Crippen LogP contribution in [-0.2, 0) is 16.0 Å². The van der Waals surface area contributed by atoms with Crippen LogP contribution in [0.25, 0.3) is 11.1 Å². The minimum Gasteiger partial charge on any atom is -0.496 e. The molecule has 0 saturated carbocycles. The number of rotatable bonds is 8. The third-order valence-corrected chi connectivity index (χ3v) is 5.60. The first-order valence-electron chi connectivity index (χ1n) is 10.2. The lowest BCUT2D eigenvalue weighted by atomic mass is 9.98. The molecule has 0 aliphatic rings. The van der Waals surface area contributed by atoms with Gasteiger partial charge in [0.25, 0.3) is 0 Å². The fourth-order valence-corrected chi connectivity index (χ4v) is 3.89. The molecule has 0 amide bonds. The molecule has 0 heterocycles. The Hall–Kier alpha value is -2.83. The van der Waals surface area contributed by atoms with Crippen LogP contribution in [-0.4, -0.2) is 25.8 Å². The Morgan fingerprint density at radius 3 is 2.30 bits per heavy atom. The van der Waals surface area contributed by atoms with Crippen LogP contribution < -0.4 is 9.47 Å². The van der Waals surface area contributed by atoms with Gasteiger partial charge in [-0.1, -0.05) is 35.3 Å². The molecule has 3 aromatic carbocycles. The monoisotopic (exact) mass is 494 g/mol. The Kier molecular flexibility index (Phi) is 8.16. The molecule has 3 rings (SSSR count). The quantitative estimate of drug-likeness (QED) is 0.320. The van der Waals surface area contributed by atoms with Gasteiger partial charge in [-0.05, 0) is 66.9 Å². The standard InChI is InChI=1S/C25H22Cl2F2O4/c1-4-32-25(30)14(2)33-17-12-20(26)19(21(27)13-17)10-15-5-8-24(31-3)18(9-15)16-6-7-22(28)23(29)11-16/h5-9,11-14H,4,10H2,1-3H3/t14-/m1/s1. The normalized spacial score (nSPS) is 11.7. The molecule has 0 aliphatic carbocycles. The summed E-state index contributed by atoms with van der Waals surface area (Å²) in [6.07, 6.45) is -0.449. The van der Waals surface area contributed by atoms with Crippen molar-refractivity contribution >= 4 is 29.2 Å². The summed E-state index contributed by atoms with van der Waals surface area (Å²) in [5.74, 6) is -1.51. The van der Waals surface area contributed by atoms with Crippen molar-refractivity contribution in [3.05, 3.63) is 81.3 Å². The predicted octanol–water partition coefficient (Wildman–Crippen LogP) is 6.87. The molecule has 0 bridgehead atoms. The van der Waals surface area contributed by atoms with Gasteiger partial charge in [0, 0.05) is 22.0 Å². The molecular formula is C25H22Cl2F2O4. The van der Waals surface area contributed by atoms with E-state index >= 15 is 0 Å². The fraction of sp³-hybridized carbons (Fsp3) is 0.240. The molecule has 174 valence electrons. The maximum Gasteiger partial charge on any atom is 0.347 e. The number of benzene rings is 3. The first-order chi connectivity index (χ1) is 15.7. The van der Waals surface area contributed by atoms with Crippen LogP contribution >= 0.6 is 23.2 Å². The summed E-state index contributed by atoms with van der Waals surface area (Å²) in [6.45, 7) is 3.54. The SMILES string of the molecule is CCOC(=O)[C@@H](C)Oc1cc(Cl)c(Cc2ccc(OC)c(-c3ccc(F)c(F)c3)c2)c(Cl)c1. The first-order valence-corrected chi connectivity index (χ1v) is 10.9. The maximum absolute atomic E-state index is 13.8. The number of carbonyl (C=O) groups is 1. The van der Waals surface area contributed by atoms with E-state index in [1.165, 1.54) is 13.2 Å². The fourth-order valence-electron chi connectivity index (χ4n) is 3.29. The summed E-state index contributed by atoms with van der Waals surface area (Å²) in [7, 11) is 1.50. The maximum atomic E-state index is 13.8. The molecule has 0 spiro atoms. The largest absolute Gasteiger partial charge is 0.496 e. The Morgan fingerprint density at radius 2 is 1.70 bits per heavy atom. The molecule has 1 atom stereocenters. The van der Waals surface area contributed by atoms with E-state index in [0.29, 0.717) is 44.7 Å². The second-order valence-corrected chi connectivity index (χ2v) is 8.03. The van der Waals surface area contributed by atoms with Crippen molar-refractivity contribution in [3.63, 3.8) is 0 Å². The lowest BCUT2D eigenvalue weighted by Crippen LogP contribution is -2.26. The molecule has 3 aromatic rings. The lowest BCUT2D eigenvalue weighted by molar-refractivity contribution is -0.150. The lowest BCUT2D eigenvalue weighted by Gasteiger charge is -2.16. The van der Waals surface area contributed by atoms with Gasteiger partial charge in [0.1, 0.15) is 11.5 Å². The molecule has 0 saturated heterocycles. The highest BCUT2D eigenvalue weighted by Crippen LogP contribution is 2.36. The third-order valence-electron chi connectivity index (χ3n) is 4.92. The van der Waals surface area contributed by atoms with Gasteiger partial charge in [0.2, 0.25) is 0 Å². The number of methoxy groups -OCH3 is 1. The minimum atomic E-state index is -0.946. The van der Waals surface area contributed by atoms with Gasteiger partial charge in [-0.3, -0.25) is 0 Å². The second kappa shape index (κ2) is 10.9. The van der Waals surface area contributed by atoms with Gasteiger partial charge in [-0.2, -0.15) is 0 Å². The zero-order chi connectivity index (χ0) is 24.1. The van der Waals surface area contributed by atoms with E-state index in [-0.39, 0.29) is 6.61 Å². The van der Waals surface area contributed by atoms with Crippen LogP contribution in [0.4, 0.5) is 8.78 Å². The molecule has 0 fully saturated rings.